The molecule has 3 heterocycles. The van der Waals surface area contributed by atoms with Crippen molar-refractivity contribution < 1.29 is 28.9 Å². The molecule has 2 aromatic rings. The fourth-order valence-corrected chi connectivity index (χ4v) is 6.52. The summed E-state index contributed by atoms with van der Waals surface area (Å²) in [6.45, 7) is 6.16. The van der Waals surface area contributed by atoms with Gasteiger partial charge in [0.2, 0.25) is 0 Å². The smallest absolute Gasteiger partial charge is 0.410 e. The average Bonchev–Trinajstić information content (AvgIpc) is 3.36. The number of aliphatic hydroxyl groups is 1. The van der Waals surface area contributed by atoms with Crippen molar-refractivity contribution in [2.24, 2.45) is 0 Å². The van der Waals surface area contributed by atoms with Crippen LogP contribution in [0.15, 0.2) is 48.5 Å². The van der Waals surface area contributed by atoms with Gasteiger partial charge in [-0.3, -0.25) is 0 Å². The number of hydrogen-bond donors (Lipinski definition) is 2. The Labute approximate surface area is 210 Å². The van der Waals surface area contributed by atoms with E-state index in [0.29, 0.717) is 25.9 Å². The first kappa shape index (κ1) is 23.3. The standard InChI is InChI=1S/C28H32N2O6/c1-25(2,3)35-24(33)30-15-28(16-30)27(13-26(14-27,17-31)36-28)29-23(32)34-12-22-20-10-6-4-8-18(20)19-9-5-7-11-21(19)22/h4-11,22,31H,12-17H2,1-3H3,(H,29,32). The van der Waals surface area contributed by atoms with Gasteiger partial charge >= 0.3 is 12.2 Å². The molecule has 8 nitrogen and oxygen atoms in total. The summed E-state index contributed by atoms with van der Waals surface area (Å²) in [6, 6.07) is 16.4. The third-order valence-electron chi connectivity index (χ3n) is 8.05. The molecule has 8 heteroatoms. The molecule has 5 aliphatic rings. The molecular formula is C28H32N2O6. The number of amides is 2. The van der Waals surface area contributed by atoms with E-state index in [1.165, 1.54) is 11.1 Å². The molecule has 2 N–H and O–H groups in total. The van der Waals surface area contributed by atoms with Crippen LogP contribution in [0, 0.1) is 0 Å². The Morgan fingerprint density at radius 3 is 2.19 bits per heavy atom. The van der Waals surface area contributed by atoms with Crippen LogP contribution in [0.4, 0.5) is 9.59 Å². The molecule has 4 fully saturated rings. The molecule has 3 aliphatic heterocycles. The molecule has 36 heavy (non-hydrogen) atoms. The number of aliphatic hydroxyl groups excluding tert-OH is 1. The first-order valence-electron chi connectivity index (χ1n) is 12.5. The zero-order valence-electron chi connectivity index (χ0n) is 20.9. The molecule has 7 rings (SSSR count). The number of nitrogens with one attached hydrogen (secondary N) is 1. The van der Waals surface area contributed by atoms with Gasteiger partial charge in [0, 0.05) is 18.8 Å². The lowest BCUT2D eigenvalue weighted by molar-refractivity contribution is -0.152. The molecule has 1 spiro atoms. The molecule has 0 atom stereocenters. The van der Waals surface area contributed by atoms with E-state index >= 15 is 0 Å². The lowest BCUT2D eigenvalue weighted by atomic mass is 9.60. The van der Waals surface area contributed by atoms with E-state index in [4.69, 9.17) is 14.2 Å². The zero-order chi connectivity index (χ0) is 25.3. The van der Waals surface area contributed by atoms with E-state index in [2.05, 4.69) is 29.6 Å². The van der Waals surface area contributed by atoms with Gasteiger partial charge in [-0.2, -0.15) is 0 Å². The Kier molecular flexibility index (Phi) is 4.98. The quantitative estimate of drug-likeness (QED) is 0.674. The minimum absolute atomic E-state index is 0.0290. The number of rotatable bonds is 4. The summed E-state index contributed by atoms with van der Waals surface area (Å²) in [5.74, 6) is -0.0290. The van der Waals surface area contributed by atoms with Crippen molar-refractivity contribution in [1.29, 1.82) is 0 Å². The Morgan fingerprint density at radius 2 is 1.64 bits per heavy atom. The maximum absolute atomic E-state index is 13.1. The molecule has 2 aliphatic carbocycles. The van der Waals surface area contributed by atoms with Crippen LogP contribution < -0.4 is 5.32 Å². The van der Waals surface area contributed by atoms with Gasteiger partial charge in [-0.15, -0.1) is 0 Å². The summed E-state index contributed by atoms with van der Waals surface area (Å²) in [5.41, 5.74) is 1.94. The molecule has 3 saturated heterocycles. The first-order valence-corrected chi connectivity index (χ1v) is 12.5. The number of likely N-dealkylation sites (tertiary alicyclic amines) is 1. The van der Waals surface area contributed by atoms with E-state index < -0.39 is 34.5 Å². The van der Waals surface area contributed by atoms with Gasteiger partial charge in [-0.05, 0) is 43.0 Å². The summed E-state index contributed by atoms with van der Waals surface area (Å²) in [6.07, 6.45) is 0.0604. The molecule has 190 valence electrons. The van der Waals surface area contributed by atoms with Gasteiger partial charge in [-0.25, -0.2) is 9.59 Å². The van der Waals surface area contributed by atoms with E-state index in [1.807, 2.05) is 45.0 Å². The SMILES string of the molecule is CC(C)(C)OC(=O)N1CC2(C1)OC1(CO)CC2(NC(=O)OCC2c3ccccc3-c3ccccc32)C1. The zero-order valence-corrected chi connectivity index (χ0v) is 20.9. The van der Waals surface area contributed by atoms with Gasteiger partial charge in [0.1, 0.15) is 17.8 Å². The monoisotopic (exact) mass is 492 g/mol. The van der Waals surface area contributed by atoms with Crippen LogP contribution in [0.25, 0.3) is 11.1 Å². The molecular weight excluding hydrogens is 460 g/mol. The molecule has 0 unspecified atom stereocenters. The van der Waals surface area contributed by atoms with Crippen molar-refractivity contribution in [2.45, 2.75) is 61.9 Å². The minimum Gasteiger partial charge on any atom is -0.449 e. The number of hydrogen-bond acceptors (Lipinski definition) is 6. The van der Waals surface area contributed by atoms with Crippen molar-refractivity contribution in [1.82, 2.24) is 10.2 Å². The highest BCUT2D eigenvalue weighted by atomic mass is 16.6. The topological polar surface area (TPSA) is 97.3 Å². The lowest BCUT2D eigenvalue weighted by Gasteiger charge is -2.54. The van der Waals surface area contributed by atoms with Crippen molar-refractivity contribution in [3.05, 3.63) is 59.7 Å². The van der Waals surface area contributed by atoms with E-state index in [-0.39, 0.29) is 19.1 Å². The highest BCUT2D eigenvalue weighted by Gasteiger charge is 2.79. The summed E-state index contributed by atoms with van der Waals surface area (Å²) < 4.78 is 17.6. The first-order chi connectivity index (χ1) is 17.1. The van der Waals surface area contributed by atoms with Gasteiger partial charge in [-0.1, -0.05) is 48.5 Å². The third kappa shape index (κ3) is 3.42. The highest BCUT2D eigenvalue weighted by molar-refractivity contribution is 5.79. The van der Waals surface area contributed by atoms with Crippen molar-refractivity contribution in [2.75, 3.05) is 26.3 Å². The van der Waals surface area contributed by atoms with Crippen LogP contribution in [-0.4, -0.2) is 70.8 Å². The maximum atomic E-state index is 13.1. The molecule has 2 amide bonds. The van der Waals surface area contributed by atoms with Crippen molar-refractivity contribution in [3.63, 3.8) is 0 Å². The molecule has 1 saturated carbocycles. The average molecular weight is 493 g/mol. The van der Waals surface area contributed by atoms with E-state index in [9.17, 15) is 14.7 Å². The second kappa shape index (κ2) is 7.70. The Morgan fingerprint density at radius 1 is 1.06 bits per heavy atom. The van der Waals surface area contributed by atoms with Gasteiger partial charge in [0.15, 0.2) is 0 Å². The Hall–Kier alpha value is -3.10. The number of ether oxygens (including phenoxy) is 3. The largest absolute Gasteiger partial charge is 0.449 e. The number of benzene rings is 2. The van der Waals surface area contributed by atoms with Gasteiger partial charge in [0.25, 0.3) is 0 Å². The number of nitrogens with zero attached hydrogens (tertiary/aromatic N) is 1. The fraction of sp³-hybridized carbons (Fsp3) is 0.500. The van der Waals surface area contributed by atoms with Crippen LogP contribution in [0.1, 0.15) is 50.7 Å². The molecule has 2 aromatic carbocycles. The Bertz CT molecular complexity index is 1180. The fourth-order valence-electron chi connectivity index (χ4n) is 6.52. The van der Waals surface area contributed by atoms with E-state index in [0.717, 1.165) is 11.1 Å². The summed E-state index contributed by atoms with van der Waals surface area (Å²) in [4.78, 5) is 27.2. The predicted molar refractivity (Wildman–Crippen MR) is 132 cm³/mol. The summed E-state index contributed by atoms with van der Waals surface area (Å²) in [5, 5.41) is 13.0. The predicted octanol–water partition coefficient (Wildman–Crippen LogP) is 3.81. The highest BCUT2D eigenvalue weighted by Crippen LogP contribution is 2.63. The molecule has 0 radical (unpaired) electrons. The second-order valence-electron chi connectivity index (χ2n) is 11.7. The van der Waals surface area contributed by atoms with Crippen LogP contribution >= 0.6 is 0 Å². The summed E-state index contributed by atoms with van der Waals surface area (Å²) >= 11 is 0. The van der Waals surface area contributed by atoms with Crippen molar-refractivity contribution >= 4 is 12.2 Å². The normalized spacial score (nSPS) is 27.1. The van der Waals surface area contributed by atoms with Crippen LogP contribution in [0.2, 0.25) is 0 Å². The molecule has 2 bridgehead atoms. The third-order valence-corrected chi connectivity index (χ3v) is 8.05. The number of fused-ring (bicyclic) bond motifs is 3. The number of carbonyl (C=O) groups is 2. The number of alkyl carbamates (subject to hydrolysis) is 1. The van der Waals surface area contributed by atoms with Gasteiger partial charge in [0.05, 0.1) is 30.8 Å². The van der Waals surface area contributed by atoms with E-state index in [1.54, 1.807) is 4.90 Å². The van der Waals surface area contributed by atoms with Crippen LogP contribution in [0.5, 0.6) is 0 Å². The minimum atomic E-state index is -0.752. The Balaban J connectivity index is 1.14. The van der Waals surface area contributed by atoms with Crippen LogP contribution in [0.3, 0.4) is 0 Å². The number of carbonyl (C=O) groups excluding carboxylic acids is 2. The van der Waals surface area contributed by atoms with Crippen molar-refractivity contribution in [3.8, 4) is 11.1 Å². The summed E-state index contributed by atoms with van der Waals surface area (Å²) in [7, 11) is 0. The maximum Gasteiger partial charge on any atom is 0.410 e. The van der Waals surface area contributed by atoms with Gasteiger partial charge < -0.3 is 29.5 Å². The second-order valence-corrected chi connectivity index (χ2v) is 11.7. The lowest BCUT2D eigenvalue weighted by Crippen LogP contribution is -2.77. The molecule has 0 aromatic heterocycles. The van der Waals surface area contributed by atoms with Crippen LogP contribution in [-0.2, 0) is 14.2 Å².